The van der Waals surface area contributed by atoms with Crippen LogP contribution in [0.3, 0.4) is 0 Å². The molecule has 0 amide bonds. The van der Waals surface area contributed by atoms with E-state index in [-0.39, 0.29) is 5.97 Å². The van der Waals surface area contributed by atoms with Crippen LogP contribution in [0.4, 0.5) is 5.69 Å². The first-order chi connectivity index (χ1) is 10.2. The van der Waals surface area contributed by atoms with Gasteiger partial charge in [0.05, 0.1) is 5.56 Å². The third kappa shape index (κ3) is 3.45. The summed E-state index contributed by atoms with van der Waals surface area (Å²) >= 11 is 3.38. The molecule has 0 aliphatic carbocycles. The van der Waals surface area contributed by atoms with Crippen molar-refractivity contribution < 1.29 is 9.53 Å². The lowest BCUT2D eigenvalue weighted by molar-refractivity contribution is 0.0472. The number of ether oxygens (including phenoxy) is 1. The zero-order chi connectivity index (χ0) is 14.7. The molecule has 1 heterocycles. The van der Waals surface area contributed by atoms with Crippen molar-refractivity contribution in [3.63, 3.8) is 0 Å². The largest absolute Gasteiger partial charge is 0.457 e. The molecule has 0 bridgehead atoms. The Labute approximate surface area is 132 Å². The minimum absolute atomic E-state index is 0.272. The molecular weight excluding hydrogens is 330 g/mol. The van der Waals surface area contributed by atoms with Crippen molar-refractivity contribution in [1.82, 2.24) is 0 Å². The van der Waals surface area contributed by atoms with Crippen LogP contribution in [0, 0.1) is 0 Å². The van der Waals surface area contributed by atoms with Gasteiger partial charge in [0.2, 0.25) is 0 Å². The van der Waals surface area contributed by atoms with Crippen molar-refractivity contribution in [2.75, 3.05) is 11.9 Å². The van der Waals surface area contributed by atoms with Crippen LogP contribution in [-0.4, -0.2) is 12.5 Å². The van der Waals surface area contributed by atoms with Gasteiger partial charge in [0.25, 0.3) is 0 Å². The lowest BCUT2D eigenvalue weighted by Gasteiger charge is -2.18. The Kier molecular flexibility index (Phi) is 4.25. The van der Waals surface area contributed by atoms with Crippen LogP contribution in [0.25, 0.3) is 0 Å². The Morgan fingerprint density at radius 2 is 2.00 bits per heavy atom. The first-order valence-corrected chi connectivity index (χ1v) is 7.80. The average molecular weight is 346 g/mol. The highest BCUT2D eigenvalue weighted by molar-refractivity contribution is 9.10. The van der Waals surface area contributed by atoms with Crippen molar-refractivity contribution in [1.29, 1.82) is 0 Å². The monoisotopic (exact) mass is 345 g/mol. The van der Waals surface area contributed by atoms with E-state index in [1.165, 1.54) is 5.56 Å². The van der Waals surface area contributed by atoms with Gasteiger partial charge in [0.1, 0.15) is 6.61 Å². The van der Waals surface area contributed by atoms with Gasteiger partial charge in [-0.25, -0.2) is 4.79 Å². The van der Waals surface area contributed by atoms with E-state index in [0.717, 1.165) is 35.1 Å². The summed E-state index contributed by atoms with van der Waals surface area (Å²) in [5.74, 6) is -0.272. The summed E-state index contributed by atoms with van der Waals surface area (Å²) in [5, 5.41) is 3.34. The van der Waals surface area contributed by atoms with Gasteiger partial charge in [-0.3, -0.25) is 0 Å². The number of nitrogens with one attached hydrogen (secondary N) is 1. The van der Waals surface area contributed by atoms with Crippen LogP contribution in [-0.2, 0) is 17.8 Å². The van der Waals surface area contributed by atoms with Crippen molar-refractivity contribution in [3.05, 3.63) is 63.6 Å². The zero-order valence-corrected chi connectivity index (χ0v) is 13.2. The molecule has 3 rings (SSSR count). The van der Waals surface area contributed by atoms with Crippen LogP contribution in [0.1, 0.15) is 27.9 Å². The van der Waals surface area contributed by atoms with Crippen molar-refractivity contribution in [2.45, 2.75) is 19.4 Å². The number of hydrogen-bond acceptors (Lipinski definition) is 3. The number of rotatable bonds is 3. The van der Waals surface area contributed by atoms with Gasteiger partial charge in [-0.2, -0.15) is 0 Å². The van der Waals surface area contributed by atoms with Crippen LogP contribution in [0.5, 0.6) is 0 Å². The summed E-state index contributed by atoms with van der Waals surface area (Å²) in [7, 11) is 0. The Bertz CT molecular complexity index is 652. The van der Waals surface area contributed by atoms with Gasteiger partial charge in [-0.15, -0.1) is 0 Å². The highest BCUT2D eigenvalue weighted by Crippen LogP contribution is 2.23. The number of carbonyl (C=O) groups is 1. The van der Waals surface area contributed by atoms with Gasteiger partial charge >= 0.3 is 5.97 Å². The SMILES string of the molecule is O=C(OCc1ccc(Br)cc1)c1ccc2c(c1)CCCN2. The highest BCUT2D eigenvalue weighted by Gasteiger charge is 2.13. The van der Waals surface area contributed by atoms with Gasteiger partial charge in [0.15, 0.2) is 0 Å². The second-order valence-corrected chi connectivity index (χ2v) is 6.02. The van der Waals surface area contributed by atoms with E-state index in [0.29, 0.717) is 12.2 Å². The van der Waals surface area contributed by atoms with E-state index in [2.05, 4.69) is 21.2 Å². The Morgan fingerprint density at radius 1 is 1.19 bits per heavy atom. The molecule has 4 heteroatoms. The molecule has 0 unspecified atom stereocenters. The molecule has 3 nitrogen and oxygen atoms in total. The second-order valence-electron chi connectivity index (χ2n) is 5.10. The third-order valence-corrected chi connectivity index (χ3v) is 4.09. The van der Waals surface area contributed by atoms with Crippen molar-refractivity contribution >= 4 is 27.6 Å². The van der Waals surface area contributed by atoms with E-state index in [1.54, 1.807) is 0 Å². The van der Waals surface area contributed by atoms with Crippen molar-refractivity contribution in [2.24, 2.45) is 0 Å². The molecule has 2 aromatic rings. The smallest absolute Gasteiger partial charge is 0.338 e. The molecule has 0 spiro atoms. The van der Waals surface area contributed by atoms with E-state index >= 15 is 0 Å². The van der Waals surface area contributed by atoms with Crippen LogP contribution in [0.2, 0.25) is 0 Å². The van der Waals surface area contributed by atoms with Crippen LogP contribution in [0.15, 0.2) is 46.9 Å². The number of fused-ring (bicyclic) bond motifs is 1. The van der Waals surface area contributed by atoms with E-state index in [1.807, 2.05) is 42.5 Å². The third-order valence-electron chi connectivity index (χ3n) is 3.56. The number of esters is 1. The zero-order valence-electron chi connectivity index (χ0n) is 11.6. The standard InChI is InChI=1S/C17H16BrNO2/c18-15-6-3-12(4-7-15)11-21-17(20)14-5-8-16-13(10-14)2-1-9-19-16/h3-8,10,19H,1-2,9,11H2. The Morgan fingerprint density at radius 3 is 2.81 bits per heavy atom. The molecule has 0 fully saturated rings. The molecule has 0 saturated heterocycles. The quantitative estimate of drug-likeness (QED) is 0.848. The fourth-order valence-electron chi connectivity index (χ4n) is 2.41. The summed E-state index contributed by atoms with van der Waals surface area (Å²) in [5.41, 5.74) is 3.92. The molecule has 2 aromatic carbocycles. The fraction of sp³-hybridized carbons (Fsp3) is 0.235. The molecule has 0 radical (unpaired) electrons. The number of halogens is 1. The molecule has 108 valence electrons. The van der Waals surface area contributed by atoms with Gasteiger partial charge in [0, 0.05) is 16.7 Å². The normalized spacial score (nSPS) is 13.2. The molecule has 0 aromatic heterocycles. The number of hydrogen-bond donors (Lipinski definition) is 1. The number of carbonyl (C=O) groups excluding carboxylic acids is 1. The minimum atomic E-state index is -0.272. The molecule has 1 aliphatic rings. The summed E-state index contributed by atoms with van der Waals surface area (Å²) in [6, 6.07) is 13.5. The lowest BCUT2D eigenvalue weighted by Crippen LogP contribution is -2.13. The number of anilines is 1. The van der Waals surface area contributed by atoms with E-state index in [9.17, 15) is 4.79 Å². The first-order valence-electron chi connectivity index (χ1n) is 7.01. The van der Waals surface area contributed by atoms with Gasteiger partial charge in [-0.05, 0) is 54.3 Å². The van der Waals surface area contributed by atoms with Crippen LogP contribution < -0.4 is 5.32 Å². The number of aryl methyl sites for hydroxylation is 1. The first kappa shape index (κ1) is 14.1. The van der Waals surface area contributed by atoms with Crippen LogP contribution >= 0.6 is 15.9 Å². The maximum Gasteiger partial charge on any atom is 0.338 e. The van der Waals surface area contributed by atoms with Crippen molar-refractivity contribution in [3.8, 4) is 0 Å². The molecule has 21 heavy (non-hydrogen) atoms. The molecule has 1 aliphatic heterocycles. The molecule has 0 atom stereocenters. The maximum atomic E-state index is 12.1. The van der Waals surface area contributed by atoms with Gasteiger partial charge < -0.3 is 10.1 Å². The summed E-state index contributed by atoms with van der Waals surface area (Å²) in [6.45, 7) is 1.29. The van der Waals surface area contributed by atoms with Gasteiger partial charge in [-0.1, -0.05) is 28.1 Å². The Hall–Kier alpha value is -1.81. The minimum Gasteiger partial charge on any atom is -0.457 e. The average Bonchev–Trinajstić information content (AvgIpc) is 2.53. The molecule has 1 N–H and O–H groups in total. The Balaban J connectivity index is 1.66. The maximum absolute atomic E-state index is 12.1. The highest BCUT2D eigenvalue weighted by atomic mass is 79.9. The predicted octanol–water partition coefficient (Wildman–Crippen LogP) is 4.16. The number of benzene rings is 2. The topological polar surface area (TPSA) is 38.3 Å². The fourth-order valence-corrected chi connectivity index (χ4v) is 2.68. The summed E-state index contributed by atoms with van der Waals surface area (Å²) < 4.78 is 6.38. The summed E-state index contributed by atoms with van der Waals surface area (Å²) in [6.07, 6.45) is 2.11. The van der Waals surface area contributed by atoms with E-state index in [4.69, 9.17) is 4.74 Å². The predicted molar refractivity (Wildman–Crippen MR) is 86.5 cm³/mol. The van der Waals surface area contributed by atoms with E-state index < -0.39 is 0 Å². The lowest BCUT2D eigenvalue weighted by atomic mass is 10.0. The second kappa shape index (κ2) is 6.31. The summed E-state index contributed by atoms with van der Waals surface area (Å²) in [4.78, 5) is 12.1. The molecular formula is C17H16BrNO2. The molecule has 0 saturated carbocycles.